The molecule has 1 aliphatic rings. The van der Waals surface area contributed by atoms with Gasteiger partial charge in [-0.05, 0) is 31.9 Å². The fraction of sp³-hybridized carbons (Fsp3) is 0.385. The Morgan fingerprint density at radius 2 is 2.17 bits per heavy atom. The lowest BCUT2D eigenvalue weighted by Gasteiger charge is -2.11. The lowest BCUT2D eigenvalue weighted by atomic mass is 10.1. The molecule has 0 spiro atoms. The van der Waals surface area contributed by atoms with E-state index in [-0.39, 0.29) is 11.8 Å². The Morgan fingerprint density at radius 3 is 2.83 bits per heavy atom. The lowest BCUT2D eigenvalue weighted by molar-refractivity contribution is -0.130. The summed E-state index contributed by atoms with van der Waals surface area (Å²) >= 11 is 0. The summed E-state index contributed by atoms with van der Waals surface area (Å²) in [5.41, 5.74) is 6.27. The van der Waals surface area contributed by atoms with Crippen LogP contribution in [0.5, 0.6) is 0 Å². The van der Waals surface area contributed by atoms with Gasteiger partial charge in [-0.15, -0.1) is 0 Å². The fourth-order valence-electron chi connectivity index (χ4n) is 1.84. The van der Waals surface area contributed by atoms with Crippen molar-refractivity contribution in [2.45, 2.75) is 25.9 Å². The first-order valence-corrected chi connectivity index (χ1v) is 5.95. The van der Waals surface area contributed by atoms with E-state index in [2.05, 4.69) is 10.9 Å². The molecule has 18 heavy (non-hydrogen) atoms. The first-order valence-electron chi connectivity index (χ1n) is 5.95. The number of hydrogen-bond donors (Lipinski definition) is 2. The van der Waals surface area contributed by atoms with Crippen molar-refractivity contribution in [2.24, 2.45) is 0 Å². The monoisotopic (exact) mass is 248 g/mol. The minimum Gasteiger partial charge on any atom is -0.368 e. The van der Waals surface area contributed by atoms with Crippen molar-refractivity contribution in [3.8, 4) is 0 Å². The maximum atomic E-state index is 11.7. The van der Waals surface area contributed by atoms with Crippen LogP contribution in [0.15, 0.2) is 24.3 Å². The van der Waals surface area contributed by atoms with Gasteiger partial charge in [0.05, 0.1) is 0 Å². The summed E-state index contributed by atoms with van der Waals surface area (Å²) in [5, 5.41) is 0. The Labute approximate surface area is 105 Å². The van der Waals surface area contributed by atoms with E-state index in [4.69, 9.17) is 4.74 Å². The summed E-state index contributed by atoms with van der Waals surface area (Å²) in [6.07, 6.45) is 1.14. The van der Waals surface area contributed by atoms with Crippen LogP contribution in [-0.2, 0) is 9.53 Å². The number of hydrazine groups is 1. The number of carbonyl (C=O) groups is 2. The van der Waals surface area contributed by atoms with Gasteiger partial charge in [-0.2, -0.15) is 0 Å². The van der Waals surface area contributed by atoms with Gasteiger partial charge in [0.1, 0.15) is 6.10 Å². The van der Waals surface area contributed by atoms with Crippen LogP contribution in [0.1, 0.15) is 28.8 Å². The molecule has 1 aromatic rings. The van der Waals surface area contributed by atoms with Gasteiger partial charge in [-0.3, -0.25) is 20.4 Å². The number of carbonyl (C=O) groups excluding carboxylic acids is 2. The molecule has 0 unspecified atom stereocenters. The second-order valence-electron chi connectivity index (χ2n) is 4.31. The third-order valence-electron chi connectivity index (χ3n) is 2.80. The number of benzene rings is 1. The van der Waals surface area contributed by atoms with Crippen molar-refractivity contribution in [1.29, 1.82) is 0 Å². The van der Waals surface area contributed by atoms with Gasteiger partial charge in [0.25, 0.3) is 11.8 Å². The van der Waals surface area contributed by atoms with Gasteiger partial charge in [-0.25, -0.2) is 0 Å². The molecular formula is C13H16N2O3. The Bertz CT molecular complexity index is 453. The third-order valence-corrected chi connectivity index (χ3v) is 2.80. The van der Waals surface area contributed by atoms with Crippen LogP contribution in [0.2, 0.25) is 0 Å². The minimum atomic E-state index is -0.442. The molecule has 0 radical (unpaired) electrons. The minimum absolute atomic E-state index is 0.298. The molecule has 0 bridgehead atoms. The molecule has 1 heterocycles. The van der Waals surface area contributed by atoms with E-state index in [1.807, 2.05) is 13.0 Å². The lowest BCUT2D eigenvalue weighted by Crippen LogP contribution is -2.46. The van der Waals surface area contributed by atoms with Crippen molar-refractivity contribution < 1.29 is 14.3 Å². The van der Waals surface area contributed by atoms with E-state index < -0.39 is 6.10 Å². The predicted molar refractivity (Wildman–Crippen MR) is 65.8 cm³/mol. The van der Waals surface area contributed by atoms with E-state index in [1.54, 1.807) is 18.2 Å². The van der Waals surface area contributed by atoms with E-state index >= 15 is 0 Å². The van der Waals surface area contributed by atoms with E-state index in [0.717, 1.165) is 12.0 Å². The molecular weight excluding hydrogens is 232 g/mol. The second-order valence-corrected chi connectivity index (χ2v) is 4.31. The Balaban J connectivity index is 1.86. The highest BCUT2D eigenvalue weighted by Gasteiger charge is 2.23. The van der Waals surface area contributed by atoms with Crippen LogP contribution >= 0.6 is 0 Å². The zero-order chi connectivity index (χ0) is 13.0. The summed E-state index contributed by atoms with van der Waals surface area (Å²) in [7, 11) is 0. The maximum absolute atomic E-state index is 11.7. The highest BCUT2D eigenvalue weighted by atomic mass is 16.5. The number of nitrogens with one attached hydrogen (secondary N) is 2. The standard InChI is InChI=1S/C13H16N2O3/c1-9-4-2-5-10(8-9)12(16)14-15-13(17)11-6-3-7-18-11/h2,4-5,8,11H,3,6-7H2,1H3,(H,14,16)(H,15,17)/t11-/m0/s1. The molecule has 5 heteroatoms. The van der Waals surface area contributed by atoms with Crippen LogP contribution < -0.4 is 10.9 Å². The number of ether oxygens (including phenoxy) is 1. The molecule has 2 amide bonds. The third kappa shape index (κ3) is 3.07. The molecule has 1 aromatic carbocycles. The molecule has 1 fully saturated rings. The summed E-state index contributed by atoms with van der Waals surface area (Å²) < 4.78 is 5.21. The quantitative estimate of drug-likeness (QED) is 0.765. The molecule has 1 saturated heterocycles. The van der Waals surface area contributed by atoms with Gasteiger partial charge >= 0.3 is 0 Å². The summed E-state index contributed by atoms with van der Waals surface area (Å²) in [6, 6.07) is 7.15. The highest BCUT2D eigenvalue weighted by Crippen LogP contribution is 2.11. The fourth-order valence-corrected chi connectivity index (χ4v) is 1.84. The first-order chi connectivity index (χ1) is 8.66. The first kappa shape index (κ1) is 12.6. The van der Waals surface area contributed by atoms with Crippen LogP contribution in [0.25, 0.3) is 0 Å². The number of rotatable bonds is 2. The van der Waals surface area contributed by atoms with Gasteiger partial charge in [0, 0.05) is 12.2 Å². The number of amides is 2. The van der Waals surface area contributed by atoms with Gasteiger partial charge in [-0.1, -0.05) is 17.7 Å². The van der Waals surface area contributed by atoms with E-state index in [0.29, 0.717) is 18.6 Å². The van der Waals surface area contributed by atoms with Crippen LogP contribution in [-0.4, -0.2) is 24.5 Å². The molecule has 96 valence electrons. The molecule has 0 aromatic heterocycles. The van der Waals surface area contributed by atoms with Crippen molar-refractivity contribution in [3.05, 3.63) is 35.4 Å². The maximum Gasteiger partial charge on any atom is 0.269 e. The Kier molecular flexibility index (Phi) is 3.94. The Hall–Kier alpha value is -1.88. The molecule has 0 aliphatic carbocycles. The van der Waals surface area contributed by atoms with Crippen molar-refractivity contribution in [1.82, 2.24) is 10.9 Å². The largest absolute Gasteiger partial charge is 0.368 e. The average molecular weight is 248 g/mol. The molecule has 1 aliphatic heterocycles. The number of aryl methyl sites for hydroxylation is 1. The molecule has 0 saturated carbocycles. The zero-order valence-electron chi connectivity index (χ0n) is 10.2. The molecule has 1 atom stereocenters. The molecule has 2 rings (SSSR count). The van der Waals surface area contributed by atoms with Crippen LogP contribution in [0.4, 0.5) is 0 Å². The normalized spacial score (nSPS) is 18.4. The smallest absolute Gasteiger partial charge is 0.269 e. The SMILES string of the molecule is Cc1cccc(C(=O)NNC(=O)[C@@H]2CCCO2)c1. The van der Waals surface area contributed by atoms with Crippen molar-refractivity contribution in [2.75, 3.05) is 6.61 Å². The zero-order valence-corrected chi connectivity index (χ0v) is 10.2. The van der Waals surface area contributed by atoms with Gasteiger partial charge in [0.15, 0.2) is 0 Å². The van der Waals surface area contributed by atoms with E-state index in [9.17, 15) is 9.59 Å². The van der Waals surface area contributed by atoms with Crippen molar-refractivity contribution >= 4 is 11.8 Å². The summed E-state index contributed by atoms with van der Waals surface area (Å²) in [4.78, 5) is 23.3. The average Bonchev–Trinajstić information content (AvgIpc) is 2.89. The molecule has 5 nitrogen and oxygen atoms in total. The molecule has 2 N–H and O–H groups in total. The van der Waals surface area contributed by atoms with Gasteiger partial charge in [0.2, 0.25) is 0 Å². The van der Waals surface area contributed by atoms with Crippen LogP contribution in [0, 0.1) is 6.92 Å². The van der Waals surface area contributed by atoms with E-state index in [1.165, 1.54) is 0 Å². The van der Waals surface area contributed by atoms with Crippen molar-refractivity contribution in [3.63, 3.8) is 0 Å². The highest BCUT2D eigenvalue weighted by molar-refractivity contribution is 5.95. The number of hydrogen-bond acceptors (Lipinski definition) is 3. The topological polar surface area (TPSA) is 67.4 Å². The summed E-state index contributed by atoms with van der Waals surface area (Å²) in [5.74, 6) is -0.626. The predicted octanol–water partition coefficient (Wildman–Crippen LogP) is 0.935. The van der Waals surface area contributed by atoms with Gasteiger partial charge < -0.3 is 4.74 Å². The van der Waals surface area contributed by atoms with Crippen LogP contribution in [0.3, 0.4) is 0 Å². The second kappa shape index (κ2) is 5.64. The summed E-state index contributed by atoms with van der Waals surface area (Å²) in [6.45, 7) is 2.51. The Morgan fingerprint density at radius 1 is 1.33 bits per heavy atom.